The molecular weight excluding hydrogens is 286 g/mol. The van der Waals surface area contributed by atoms with E-state index in [1.807, 2.05) is 36.6 Å². The molecule has 1 aromatic heterocycles. The highest BCUT2D eigenvalue weighted by atomic mass is 32.1. The number of nitrogens with one attached hydrogen (secondary N) is 1. The fourth-order valence-corrected chi connectivity index (χ4v) is 4.51. The van der Waals surface area contributed by atoms with Gasteiger partial charge in [0.2, 0.25) is 5.91 Å². The van der Waals surface area contributed by atoms with Crippen molar-refractivity contribution >= 4 is 23.2 Å². The smallest absolute Gasteiger partial charge is 0.307 e. The Hall–Kier alpha value is -1.62. The van der Waals surface area contributed by atoms with Crippen LogP contribution >= 0.6 is 11.3 Å². The Morgan fingerprint density at radius 1 is 1.38 bits per heavy atom. The van der Waals surface area contributed by atoms with Crippen LogP contribution in [0.3, 0.4) is 0 Å². The van der Waals surface area contributed by atoms with E-state index in [-0.39, 0.29) is 23.8 Å². The molecule has 5 heteroatoms. The fraction of sp³-hybridized carbons (Fsp3) is 0.500. The number of carboxylic acids is 1. The molecular formula is C16H19NO3S. The molecule has 112 valence electrons. The summed E-state index contributed by atoms with van der Waals surface area (Å²) in [5.74, 6) is -1.86. The summed E-state index contributed by atoms with van der Waals surface area (Å²) in [5.41, 5.74) is 0. The zero-order valence-corrected chi connectivity index (χ0v) is 12.7. The van der Waals surface area contributed by atoms with Crippen LogP contribution in [0.25, 0.3) is 0 Å². The average Bonchev–Trinajstić information content (AvgIpc) is 3.18. The number of fused-ring (bicyclic) bond motifs is 2. The molecule has 2 aliphatic rings. The highest BCUT2D eigenvalue weighted by Gasteiger charge is 2.51. The van der Waals surface area contributed by atoms with Gasteiger partial charge < -0.3 is 10.4 Å². The van der Waals surface area contributed by atoms with E-state index in [1.54, 1.807) is 11.3 Å². The van der Waals surface area contributed by atoms with Crippen molar-refractivity contribution in [2.75, 3.05) is 0 Å². The van der Waals surface area contributed by atoms with Gasteiger partial charge in [0, 0.05) is 4.88 Å². The van der Waals surface area contributed by atoms with E-state index < -0.39 is 17.8 Å². The van der Waals surface area contributed by atoms with E-state index >= 15 is 0 Å². The minimum absolute atomic E-state index is 0.0185. The van der Waals surface area contributed by atoms with E-state index in [0.29, 0.717) is 0 Å². The molecule has 21 heavy (non-hydrogen) atoms. The Morgan fingerprint density at radius 2 is 2.10 bits per heavy atom. The monoisotopic (exact) mass is 305 g/mol. The third kappa shape index (κ3) is 2.50. The Morgan fingerprint density at radius 3 is 2.67 bits per heavy atom. The lowest BCUT2D eigenvalue weighted by molar-refractivity contribution is -0.148. The number of aliphatic carboxylic acids is 1. The number of carboxylic acid groups (broad SMARTS) is 1. The van der Waals surface area contributed by atoms with Crippen LogP contribution in [-0.2, 0) is 9.59 Å². The molecule has 0 spiro atoms. The van der Waals surface area contributed by atoms with Crippen LogP contribution < -0.4 is 5.32 Å². The molecule has 5 atom stereocenters. The van der Waals surface area contributed by atoms with Crippen LogP contribution in [-0.4, -0.2) is 17.0 Å². The average molecular weight is 305 g/mol. The van der Waals surface area contributed by atoms with Gasteiger partial charge in [-0.3, -0.25) is 9.59 Å². The van der Waals surface area contributed by atoms with Gasteiger partial charge in [-0.05, 0) is 36.1 Å². The SMILES string of the molecule is CCC(NC(=O)C1C2C=CC(C2)C1C(=O)O)c1cccs1. The number of rotatable bonds is 5. The molecule has 0 radical (unpaired) electrons. The number of hydrogen-bond acceptors (Lipinski definition) is 3. The second-order valence-electron chi connectivity index (χ2n) is 5.82. The maximum Gasteiger partial charge on any atom is 0.307 e. The number of carbonyl (C=O) groups is 2. The molecule has 0 aromatic carbocycles. The molecule has 1 saturated carbocycles. The summed E-state index contributed by atoms with van der Waals surface area (Å²) in [6.45, 7) is 2.03. The van der Waals surface area contributed by atoms with Crippen LogP contribution in [0, 0.1) is 23.7 Å². The predicted octanol–water partition coefficient (Wildman–Crippen LogP) is 2.84. The topological polar surface area (TPSA) is 66.4 Å². The van der Waals surface area contributed by atoms with Gasteiger partial charge in [-0.25, -0.2) is 0 Å². The lowest BCUT2D eigenvalue weighted by Gasteiger charge is -2.26. The summed E-state index contributed by atoms with van der Waals surface area (Å²) in [4.78, 5) is 25.2. The Labute approximate surface area is 127 Å². The first kappa shape index (κ1) is 14.3. The summed E-state index contributed by atoms with van der Waals surface area (Å²) in [7, 11) is 0. The fourth-order valence-electron chi connectivity index (χ4n) is 3.65. The van der Waals surface area contributed by atoms with Crippen LogP contribution in [0.15, 0.2) is 29.7 Å². The maximum atomic E-state index is 12.6. The first-order valence-electron chi connectivity index (χ1n) is 7.36. The molecule has 1 amide bonds. The summed E-state index contributed by atoms with van der Waals surface area (Å²) < 4.78 is 0. The molecule has 1 aromatic rings. The van der Waals surface area contributed by atoms with Crippen molar-refractivity contribution < 1.29 is 14.7 Å². The van der Waals surface area contributed by atoms with Crippen molar-refractivity contribution in [2.24, 2.45) is 23.7 Å². The number of carbonyl (C=O) groups excluding carboxylic acids is 1. The Kier molecular flexibility index (Phi) is 3.85. The van der Waals surface area contributed by atoms with Gasteiger partial charge >= 0.3 is 5.97 Å². The number of amides is 1. The second-order valence-corrected chi connectivity index (χ2v) is 6.80. The van der Waals surface area contributed by atoms with Crippen molar-refractivity contribution in [1.82, 2.24) is 5.32 Å². The third-order valence-corrected chi connectivity index (χ3v) is 5.64. The van der Waals surface area contributed by atoms with Gasteiger partial charge in [-0.15, -0.1) is 11.3 Å². The van der Waals surface area contributed by atoms with Gasteiger partial charge in [0.05, 0.1) is 17.9 Å². The molecule has 2 bridgehead atoms. The van der Waals surface area contributed by atoms with E-state index in [0.717, 1.165) is 17.7 Å². The molecule has 2 aliphatic carbocycles. The predicted molar refractivity (Wildman–Crippen MR) is 80.8 cm³/mol. The quantitative estimate of drug-likeness (QED) is 0.822. The van der Waals surface area contributed by atoms with Crippen molar-refractivity contribution in [2.45, 2.75) is 25.8 Å². The number of thiophene rings is 1. The zero-order valence-electron chi connectivity index (χ0n) is 11.9. The number of hydrogen-bond donors (Lipinski definition) is 2. The molecule has 5 unspecified atom stereocenters. The van der Waals surface area contributed by atoms with Gasteiger partial charge in [0.1, 0.15) is 0 Å². The van der Waals surface area contributed by atoms with Crippen molar-refractivity contribution in [3.8, 4) is 0 Å². The first-order valence-corrected chi connectivity index (χ1v) is 8.24. The molecule has 1 heterocycles. The summed E-state index contributed by atoms with van der Waals surface area (Å²) in [5, 5.41) is 14.5. The molecule has 4 nitrogen and oxygen atoms in total. The largest absolute Gasteiger partial charge is 0.481 e. The highest BCUT2D eigenvalue weighted by Crippen LogP contribution is 2.48. The lowest BCUT2D eigenvalue weighted by atomic mass is 9.82. The minimum Gasteiger partial charge on any atom is -0.481 e. The van der Waals surface area contributed by atoms with Crippen molar-refractivity contribution in [3.63, 3.8) is 0 Å². The molecule has 0 aliphatic heterocycles. The zero-order chi connectivity index (χ0) is 15.0. The van der Waals surface area contributed by atoms with Gasteiger partial charge in [-0.1, -0.05) is 25.1 Å². The van der Waals surface area contributed by atoms with E-state index in [1.165, 1.54) is 0 Å². The van der Waals surface area contributed by atoms with E-state index in [4.69, 9.17) is 0 Å². The van der Waals surface area contributed by atoms with E-state index in [9.17, 15) is 14.7 Å². The highest BCUT2D eigenvalue weighted by molar-refractivity contribution is 7.10. The van der Waals surface area contributed by atoms with Crippen LogP contribution in [0.4, 0.5) is 0 Å². The lowest BCUT2D eigenvalue weighted by Crippen LogP contribution is -2.41. The Bertz CT molecular complexity index is 566. The minimum atomic E-state index is -0.851. The van der Waals surface area contributed by atoms with Crippen LogP contribution in [0.2, 0.25) is 0 Å². The normalized spacial score (nSPS) is 31.3. The number of allylic oxidation sites excluding steroid dienone is 2. The van der Waals surface area contributed by atoms with Crippen molar-refractivity contribution in [3.05, 3.63) is 34.5 Å². The Balaban J connectivity index is 1.75. The summed E-state index contributed by atoms with van der Waals surface area (Å²) >= 11 is 1.62. The standard InChI is InChI=1S/C16H19NO3S/c1-2-11(12-4-3-7-21-12)17-15(18)13-9-5-6-10(8-9)14(13)16(19)20/h3-7,9-11,13-14H,2,8H2,1H3,(H,17,18)(H,19,20). The van der Waals surface area contributed by atoms with Gasteiger partial charge in [-0.2, -0.15) is 0 Å². The van der Waals surface area contributed by atoms with Gasteiger partial charge in [0.25, 0.3) is 0 Å². The van der Waals surface area contributed by atoms with Crippen LogP contribution in [0.1, 0.15) is 30.7 Å². The van der Waals surface area contributed by atoms with E-state index in [2.05, 4.69) is 5.32 Å². The molecule has 2 N–H and O–H groups in total. The first-order chi connectivity index (χ1) is 10.1. The maximum absolute atomic E-state index is 12.6. The molecule has 0 saturated heterocycles. The summed E-state index contributed by atoms with van der Waals surface area (Å²) in [6.07, 6.45) is 5.58. The van der Waals surface area contributed by atoms with Gasteiger partial charge in [0.15, 0.2) is 0 Å². The second kappa shape index (κ2) is 5.64. The third-order valence-electron chi connectivity index (χ3n) is 4.66. The summed E-state index contributed by atoms with van der Waals surface area (Å²) in [6, 6.07) is 3.96. The van der Waals surface area contributed by atoms with Crippen LogP contribution in [0.5, 0.6) is 0 Å². The molecule has 3 rings (SSSR count). The van der Waals surface area contributed by atoms with Crippen molar-refractivity contribution in [1.29, 1.82) is 0 Å². The molecule has 1 fully saturated rings.